The minimum absolute atomic E-state index is 0.253. The van der Waals surface area contributed by atoms with E-state index < -0.39 is 5.66 Å². The van der Waals surface area contributed by atoms with E-state index in [0.29, 0.717) is 36.5 Å². The summed E-state index contributed by atoms with van der Waals surface area (Å²) in [4.78, 5) is 29.8. The lowest BCUT2D eigenvalue weighted by atomic mass is 9.87. The molecule has 1 fully saturated rings. The maximum absolute atomic E-state index is 14.2. The van der Waals surface area contributed by atoms with Crippen LogP contribution in [0.25, 0.3) is 22.4 Å². The SMILES string of the molecule is Cn1cc(-c2ccc(N(C(=O)NCc3ccccc3)C3(Nc4ncc(C#N)c(-c5ccc(F)cc5)n4)CCCCC3)nc2)cn1. The van der Waals surface area contributed by atoms with Gasteiger partial charge in [0.25, 0.3) is 0 Å². The summed E-state index contributed by atoms with van der Waals surface area (Å²) in [6, 6.07) is 21.1. The van der Waals surface area contributed by atoms with Gasteiger partial charge in [-0.15, -0.1) is 0 Å². The summed E-state index contributed by atoms with van der Waals surface area (Å²) in [5, 5.41) is 20.6. The van der Waals surface area contributed by atoms with E-state index in [0.717, 1.165) is 36.0 Å². The zero-order valence-corrected chi connectivity index (χ0v) is 24.8. The number of pyridine rings is 1. The van der Waals surface area contributed by atoms with E-state index in [4.69, 9.17) is 9.97 Å². The van der Waals surface area contributed by atoms with Crippen molar-refractivity contribution in [3.05, 3.63) is 108 Å². The van der Waals surface area contributed by atoms with Crippen molar-refractivity contribution in [2.45, 2.75) is 44.3 Å². The highest BCUT2D eigenvalue weighted by atomic mass is 19.1. The number of nitriles is 1. The first-order valence-corrected chi connectivity index (χ1v) is 14.8. The highest BCUT2D eigenvalue weighted by molar-refractivity contribution is 5.93. The van der Waals surface area contributed by atoms with Crippen molar-refractivity contribution in [1.82, 2.24) is 30.0 Å². The lowest BCUT2D eigenvalue weighted by molar-refractivity contribution is 0.229. The summed E-state index contributed by atoms with van der Waals surface area (Å²) in [7, 11) is 1.86. The number of nitrogens with one attached hydrogen (secondary N) is 2. The number of amides is 2. The zero-order chi connectivity index (χ0) is 31.2. The Morgan fingerprint density at radius 3 is 2.38 bits per heavy atom. The third-order valence-corrected chi connectivity index (χ3v) is 7.98. The number of benzene rings is 2. The second-order valence-corrected chi connectivity index (χ2v) is 11.1. The van der Waals surface area contributed by atoms with Crippen LogP contribution in [0.5, 0.6) is 0 Å². The zero-order valence-electron chi connectivity index (χ0n) is 24.8. The topological polar surface area (TPSA) is 125 Å². The second kappa shape index (κ2) is 12.9. The Morgan fingerprint density at radius 1 is 0.956 bits per heavy atom. The maximum Gasteiger partial charge on any atom is 0.325 e. The number of hydrogen-bond donors (Lipinski definition) is 2. The summed E-state index contributed by atoms with van der Waals surface area (Å²) in [5.74, 6) is 0.336. The van der Waals surface area contributed by atoms with Gasteiger partial charge in [0, 0.05) is 42.7 Å². The van der Waals surface area contributed by atoms with Crippen molar-refractivity contribution in [1.29, 1.82) is 5.26 Å². The molecule has 1 aliphatic carbocycles. The summed E-state index contributed by atoms with van der Waals surface area (Å²) in [6.07, 6.45) is 10.9. The number of hydrogen-bond acceptors (Lipinski definition) is 7. The van der Waals surface area contributed by atoms with E-state index in [9.17, 15) is 14.4 Å². The number of carbonyl (C=O) groups is 1. The van der Waals surface area contributed by atoms with E-state index in [1.165, 1.54) is 18.3 Å². The predicted octanol–water partition coefficient (Wildman–Crippen LogP) is 6.44. The Balaban J connectivity index is 1.39. The van der Waals surface area contributed by atoms with Crippen LogP contribution in [-0.4, -0.2) is 36.4 Å². The fourth-order valence-electron chi connectivity index (χ4n) is 5.73. The summed E-state index contributed by atoms with van der Waals surface area (Å²) in [6.45, 7) is 0.335. The highest BCUT2D eigenvalue weighted by Gasteiger charge is 2.43. The van der Waals surface area contributed by atoms with Crippen LogP contribution in [0.3, 0.4) is 0 Å². The minimum atomic E-state index is -0.921. The molecule has 2 amide bonds. The molecule has 2 N–H and O–H groups in total. The third-order valence-electron chi connectivity index (χ3n) is 7.98. The van der Waals surface area contributed by atoms with Gasteiger partial charge >= 0.3 is 6.03 Å². The number of rotatable bonds is 8. The van der Waals surface area contributed by atoms with Gasteiger partial charge in [0.15, 0.2) is 0 Å². The lowest BCUT2D eigenvalue weighted by Gasteiger charge is -2.46. The Labute approximate surface area is 260 Å². The molecule has 6 rings (SSSR count). The standard InChI is InChI=1S/C34H32FN9O/c1-43-23-28(22-40-43)26-12-15-30(37-20-26)44(33(45)39-19-24-8-4-2-5-9-24)34(16-6-3-7-17-34)42-32-38-21-27(18-36)31(41-32)25-10-13-29(35)14-11-25/h2,4-5,8-15,20-23H,3,6-7,16-17,19H2,1H3,(H,39,45)(H,38,41,42). The van der Waals surface area contributed by atoms with Crippen molar-refractivity contribution < 1.29 is 9.18 Å². The van der Waals surface area contributed by atoms with Gasteiger partial charge < -0.3 is 10.6 Å². The third kappa shape index (κ3) is 6.50. The largest absolute Gasteiger partial charge is 0.334 e. The molecule has 0 unspecified atom stereocenters. The Morgan fingerprint density at radius 2 is 1.71 bits per heavy atom. The van der Waals surface area contributed by atoms with Gasteiger partial charge in [-0.2, -0.15) is 10.4 Å². The number of nitrogens with zero attached hydrogens (tertiary/aromatic N) is 7. The van der Waals surface area contributed by atoms with Crippen molar-refractivity contribution in [2.75, 3.05) is 10.2 Å². The second-order valence-electron chi connectivity index (χ2n) is 11.1. The number of anilines is 2. The van der Waals surface area contributed by atoms with Crippen LogP contribution in [0.4, 0.5) is 21.0 Å². The molecule has 0 atom stereocenters. The molecule has 11 heteroatoms. The first kappa shape index (κ1) is 29.4. The van der Waals surface area contributed by atoms with Crippen LogP contribution in [-0.2, 0) is 13.6 Å². The first-order valence-electron chi connectivity index (χ1n) is 14.8. The van der Waals surface area contributed by atoms with Crippen LogP contribution >= 0.6 is 0 Å². The molecular weight excluding hydrogens is 569 g/mol. The number of aromatic nitrogens is 5. The molecule has 226 valence electrons. The molecule has 45 heavy (non-hydrogen) atoms. The molecule has 3 heterocycles. The van der Waals surface area contributed by atoms with E-state index in [2.05, 4.69) is 26.8 Å². The highest BCUT2D eigenvalue weighted by Crippen LogP contribution is 2.38. The summed E-state index contributed by atoms with van der Waals surface area (Å²) >= 11 is 0. The molecule has 1 aliphatic rings. The molecule has 3 aromatic heterocycles. The van der Waals surface area contributed by atoms with Gasteiger partial charge in [-0.25, -0.2) is 24.1 Å². The fraction of sp³-hybridized carbons (Fsp3) is 0.235. The monoisotopic (exact) mass is 601 g/mol. The van der Waals surface area contributed by atoms with Crippen molar-refractivity contribution in [3.8, 4) is 28.5 Å². The molecule has 0 bridgehead atoms. The Bertz CT molecular complexity index is 1810. The molecule has 0 spiro atoms. The van der Waals surface area contributed by atoms with Gasteiger partial charge in [0.1, 0.15) is 23.4 Å². The number of carbonyl (C=O) groups excluding carboxylic acids is 1. The van der Waals surface area contributed by atoms with Crippen LogP contribution < -0.4 is 15.5 Å². The van der Waals surface area contributed by atoms with E-state index in [-0.39, 0.29) is 23.4 Å². The van der Waals surface area contributed by atoms with Crippen LogP contribution in [0, 0.1) is 17.1 Å². The summed E-state index contributed by atoms with van der Waals surface area (Å²) in [5.41, 5.74) is 3.06. The van der Waals surface area contributed by atoms with E-state index in [1.807, 2.05) is 55.7 Å². The lowest BCUT2D eigenvalue weighted by Crippen LogP contribution is -2.61. The van der Waals surface area contributed by atoms with Gasteiger partial charge in [-0.05, 0) is 67.6 Å². The van der Waals surface area contributed by atoms with Gasteiger partial charge in [0.2, 0.25) is 5.95 Å². The first-order chi connectivity index (χ1) is 21.9. The molecule has 10 nitrogen and oxygen atoms in total. The van der Waals surface area contributed by atoms with Gasteiger partial charge in [0.05, 0.1) is 23.7 Å². The number of aryl methyl sites for hydroxylation is 1. The van der Waals surface area contributed by atoms with Crippen molar-refractivity contribution in [2.24, 2.45) is 7.05 Å². The smallest absolute Gasteiger partial charge is 0.325 e. The average Bonchev–Trinajstić information content (AvgIpc) is 3.51. The van der Waals surface area contributed by atoms with Crippen molar-refractivity contribution in [3.63, 3.8) is 0 Å². The minimum Gasteiger partial charge on any atom is -0.334 e. The molecule has 2 aromatic carbocycles. The molecule has 0 radical (unpaired) electrons. The summed E-state index contributed by atoms with van der Waals surface area (Å²) < 4.78 is 15.4. The van der Waals surface area contributed by atoms with Crippen LogP contribution in [0.2, 0.25) is 0 Å². The molecule has 1 saturated carbocycles. The molecular formula is C34H32FN9O. The molecule has 5 aromatic rings. The predicted molar refractivity (Wildman–Crippen MR) is 169 cm³/mol. The number of urea groups is 1. The van der Waals surface area contributed by atoms with Gasteiger partial charge in [-0.3, -0.25) is 9.58 Å². The average molecular weight is 602 g/mol. The molecule has 0 saturated heterocycles. The van der Waals surface area contributed by atoms with Crippen LogP contribution in [0.15, 0.2) is 91.5 Å². The fourth-order valence-corrected chi connectivity index (χ4v) is 5.73. The van der Waals surface area contributed by atoms with Crippen LogP contribution in [0.1, 0.15) is 43.2 Å². The quantitative estimate of drug-likeness (QED) is 0.196. The van der Waals surface area contributed by atoms with E-state index in [1.54, 1.807) is 34.1 Å². The van der Waals surface area contributed by atoms with Gasteiger partial charge in [-0.1, -0.05) is 36.8 Å². The number of halogens is 1. The van der Waals surface area contributed by atoms with Crippen molar-refractivity contribution >= 4 is 17.8 Å². The Kier molecular flexibility index (Phi) is 8.46. The molecule has 0 aliphatic heterocycles. The maximum atomic E-state index is 14.2. The normalized spacial score (nSPS) is 13.9. The van der Waals surface area contributed by atoms with E-state index >= 15 is 0 Å². The Hall–Kier alpha value is -5.63.